The van der Waals surface area contributed by atoms with E-state index in [9.17, 15) is 5.11 Å². The summed E-state index contributed by atoms with van der Waals surface area (Å²) in [6, 6.07) is 55.7. The van der Waals surface area contributed by atoms with Crippen LogP contribution in [0.1, 0.15) is 61.7 Å². The van der Waals surface area contributed by atoms with Crippen molar-refractivity contribution in [3.63, 3.8) is 0 Å². The fourth-order valence-corrected chi connectivity index (χ4v) is 8.22. The van der Waals surface area contributed by atoms with E-state index in [1.165, 1.54) is 0 Å². The molecule has 0 atom stereocenters. The number of hydrogen-bond donors (Lipinski definition) is 1. The maximum atomic E-state index is 11.4. The van der Waals surface area contributed by atoms with Gasteiger partial charge in [0.15, 0.2) is 0 Å². The highest BCUT2D eigenvalue weighted by Crippen LogP contribution is 2.42. The van der Waals surface area contributed by atoms with Crippen molar-refractivity contribution in [2.45, 2.75) is 46.4 Å². The summed E-state index contributed by atoms with van der Waals surface area (Å²) >= 11 is 0. The molecule has 0 aliphatic heterocycles. The largest absolute Gasteiger partial charge is 0.507 e. The zero-order chi connectivity index (χ0) is 44.0. The molecule has 2 heterocycles. The lowest BCUT2D eigenvalue weighted by atomic mass is 9.84. The highest BCUT2D eigenvalue weighted by atomic mass is 16.3. The quantitative estimate of drug-likeness (QED) is 0.159. The molecule has 0 radical (unpaired) electrons. The second-order valence-corrected chi connectivity index (χ2v) is 15.6. The van der Waals surface area contributed by atoms with E-state index in [0.717, 1.165) is 66.9 Å². The Bertz CT molecular complexity index is 3130. The van der Waals surface area contributed by atoms with Crippen LogP contribution in [0.25, 0.3) is 83.9 Å². The number of para-hydroxylation sites is 2. The Morgan fingerprint density at radius 2 is 1.22 bits per heavy atom. The molecule has 0 amide bonds. The molecule has 2 aromatic heterocycles. The lowest BCUT2D eigenvalue weighted by Gasteiger charge is -2.21. The van der Waals surface area contributed by atoms with Gasteiger partial charge in [-0.15, -0.1) is 0 Å². The minimum absolute atomic E-state index is 0.0218. The summed E-state index contributed by atoms with van der Waals surface area (Å²) < 4.78 is 37.9. The molecular weight excluding hydrogens is 719 g/mol. The lowest BCUT2D eigenvalue weighted by Crippen LogP contribution is -2.03. The number of fused-ring (bicyclic) bond motifs is 1. The van der Waals surface area contributed by atoms with Crippen molar-refractivity contribution in [1.29, 1.82) is 0 Å². The first kappa shape index (κ1) is 33.0. The van der Waals surface area contributed by atoms with Gasteiger partial charge in [0.1, 0.15) is 11.6 Å². The molecule has 0 bridgehead atoms. The highest BCUT2D eigenvalue weighted by Gasteiger charge is 2.23. The van der Waals surface area contributed by atoms with E-state index in [4.69, 9.17) is 15.5 Å². The predicted molar refractivity (Wildman–Crippen MR) is 246 cm³/mol. The van der Waals surface area contributed by atoms with Gasteiger partial charge in [-0.25, -0.2) is 4.98 Å². The van der Waals surface area contributed by atoms with Gasteiger partial charge in [0, 0.05) is 22.8 Å². The first-order valence-corrected chi connectivity index (χ1v) is 20.1. The molecule has 288 valence electrons. The number of nitrogens with zero attached hydrogens (tertiary/aromatic N) is 3. The summed E-state index contributed by atoms with van der Waals surface area (Å²) in [4.78, 5) is 10.2. The van der Waals surface area contributed by atoms with Crippen molar-refractivity contribution >= 4 is 11.0 Å². The average molecular weight is 770 g/mol. The smallest absolute Gasteiger partial charge is 0.149 e. The SMILES string of the molecule is [2H]C([2H])([2H])c1cc(-c2c(C(C)C)cccc2C([2H])(C)C)ccc1-n1c(-c2ccccc2O)nc2c(-c3cc(-c4ccccc4)cc(-c4cc(-c5ccccc5)ccn4)c3)cccc21. The second-order valence-electron chi connectivity index (χ2n) is 15.6. The number of phenols is 1. The molecule has 0 aliphatic carbocycles. The van der Waals surface area contributed by atoms with Crippen molar-refractivity contribution in [2.24, 2.45) is 0 Å². The number of rotatable bonds is 9. The van der Waals surface area contributed by atoms with Crippen LogP contribution in [0.2, 0.25) is 0 Å². The van der Waals surface area contributed by atoms with Crippen molar-refractivity contribution in [1.82, 2.24) is 14.5 Å². The zero-order valence-corrected chi connectivity index (χ0v) is 33.6. The number of hydrogen-bond acceptors (Lipinski definition) is 3. The summed E-state index contributed by atoms with van der Waals surface area (Å²) in [6.45, 7) is 5.41. The molecule has 0 aliphatic rings. The molecule has 0 saturated heterocycles. The molecule has 1 N–H and O–H groups in total. The Morgan fingerprint density at radius 3 is 1.95 bits per heavy atom. The third-order valence-corrected chi connectivity index (χ3v) is 11.1. The number of aryl methyl sites for hydroxylation is 1. The zero-order valence-electron chi connectivity index (χ0n) is 37.6. The fraction of sp³-hybridized carbons (Fsp3) is 0.127. The minimum atomic E-state index is -2.54. The van der Waals surface area contributed by atoms with Crippen LogP contribution in [0.3, 0.4) is 0 Å². The molecule has 4 nitrogen and oxygen atoms in total. The molecule has 59 heavy (non-hydrogen) atoms. The molecular formula is C55H47N3O. The van der Waals surface area contributed by atoms with E-state index in [1.807, 2.05) is 116 Å². The topological polar surface area (TPSA) is 50.9 Å². The molecule has 9 rings (SSSR count). The van der Waals surface area contributed by atoms with Gasteiger partial charge in [0.25, 0.3) is 0 Å². The minimum Gasteiger partial charge on any atom is -0.507 e. The summed E-state index contributed by atoms with van der Waals surface area (Å²) in [5, 5.41) is 11.4. The number of imidazole rings is 1. The van der Waals surface area contributed by atoms with Crippen LogP contribution in [0, 0.1) is 6.85 Å². The molecule has 4 heteroatoms. The van der Waals surface area contributed by atoms with Crippen molar-refractivity contribution in [3.8, 4) is 78.6 Å². The first-order chi connectivity index (χ1) is 30.3. The maximum absolute atomic E-state index is 11.4. The van der Waals surface area contributed by atoms with Gasteiger partial charge in [-0.05, 0) is 135 Å². The van der Waals surface area contributed by atoms with Gasteiger partial charge < -0.3 is 5.11 Å². The van der Waals surface area contributed by atoms with Crippen LogP contribution in [0.4, 0.5) is 0 Å². The van der Waals surface area contributed by atoms with Crippen LogP contribution in [0.5, 0.6) is 5.75 Å². The van der Waals surface area contributed by atoms with Gasteiger partial charge in [0.2, 0.25) is 0 Å². The number of pyridine rings is 1. The Kier molecular flexibility index (Phi) is 8.79. The van der Waals surface area contributed by atoms with Gasteiger partial charge in [-0.3, -0.25) is 9.55 Å². The first-order valence-electron chi connectivity index (χ1n) is 22.1. The summed E-state index contributed by atoms with van der Waals surface area (Å²) in [6.07, 6.45) is 1.84. The van der Waals surface area contributed by atoms with E-state index < -0.39 is 12.7 Å². The van der Waals surface area contributed by atoms with Gasteiger partial charge in [-0.2, -0.15) is 0 Å². The lowest BCUT2D eigenvalue weighted by molar-refractivity contribution is 0.477. The van der Waals surface area contributed by atoms with Crippen LogP contribution in [0.15, 0.2) is 176 Å². The highest BCUT2D eigenvalue weighted by molar-refractivity contribution is 5.98. The molecule has 0 unspecified atom stereocenters. The average Bonchev–Trinajstić information content (AvgIpc) is 3.68. The molecule has 7 aromatic carbocycles. The summed E-state index contributed by atoms with van der Waals surface area (Å²) in [5.74, 6) is -0.382. The molecule has 0 fully saturated rings. The monoisotopic (exact) mass is 769 g/mol. The van der Waals surface area contributed by atoms with Crippen molar-refractivity contribution < 1.29 is 10.6 Å². The normalized spacial score (nSPS) is 12.9. The second kappa shape index (κ2) is 15.7. The van der Waals surface area contributed by atoms with Crippen molar-refractivity contribution in [3.05, 3.63) is 193 Å². The molecule has 0 spiro atoms. The number of benzene rings is 7. The number of aromatic hydroxyl groups is 1. The Labute approximate surface area is 352 Å². The molecule has 9 aromatic rings. The van der Waals surface area contributed by atoms with E-state index in [2.05, 4.69) is 68.4 Å². The Balaban J connectivity index is 1.30. The summed E-state index contributed by atoms with van der Waals surface area (Å²) in [7, 11) is 0. The van der Waals surface area contributed by atoms with Gasteiger partial charge in [-0.1, -0.05) is 137 Å². The standard InChI is InChI=1S/C55H47N3O/c1-35(2)45-21-14-22-46(36(3)4)53(45)41-26-27-50(37(5)30-41)58-51-24-15-23-47(54(51)57-55(58)48-20-12-13-25-52(48)59)43-31-42(39-18-10-7-11-19-39)32-44(33-43)49-34-40(28-29-56-49)38-16-8-6-9-17-38/h6-36,59H,1-5H3/i5D3,35D. The fourth-order valence-electron chi connectivity index (χ4n) is 8.22. The van der Waals surface area contributed by atoms with E-state index in [1.54, 1.807) is 24.3 Å². The number of phenolic OH excluding ortho intramolecular Hbond substituents is 1. The van der Waals surface area contributed by atoms with Crippen LogP contribution >= 0.6 is 0 Å². The van der Waals surface area contributed by atoms with Crippen molar-refractivity contribution in [2.75, 3.05) is 0 Å². The predicted octanol–water partition coefficient (Wildman–Crippen LogP) is 14.7. The maximum Gasteiger partial charge on any atom is 0.149 e. The Morgan fingerprint density at radius 1 is 0.559 bits per heavy atom. The third kappa shape index (κ3) is 7.12. The van der Waals surface area contributed by atoms with Crippen LogP contribution in [-0.4, -0.2) is 19.6 Å². The van der Waals surface area contributed by atoms with Gasteiger partial charge >= 0.3 is 0 Å². The third-order valence-electron chi connectivity index (χ3n) is 11.1. The van der Waals surface area contributed by atoms with Crippen LogP contribution in [-0.2, 0) is 0 Å². The Hall–Kier alpha value is -7.04. The molecule has 0 saturated carbocycles. The van der Waals surface area contributed by atoms with E-state index >= 15 is 0 Å². The van der Waals surface area contributed by atoms with E-state index in [-0.39, 0.29) is 17.2 Å². The number of aromatic nitrogens is 3. The van der Waals surface area contributed by atoms with Gasteiger partial charge in [0.05, 0.1) is 28.0 Å². The van der Waals surface area contributed by atoms with E-state index in [0.29, 0.717) is 28.1 Å². The van der Waals surface area contributed by atoms with Crippen LogP contribution < -0.4 is 0 Å². The summed E-state index contributed by atoms with van der Waals surface area (Å²) in [5.41, 5.74) is 13.5.